The predicted molar refractivity (Wildman–Crippen MR) is 122 cm³/mol. The molecule has 0 aliphatic carbocycles. The Bertz CT molecular complexity index is 936. The summed E-state index contributed by atoms with van der Waals surface area (Å²) in [5.74, 6) is 1.91. The van der Waals surface area contributed by atoms with E-state index in [2.05, 4.69) is 68.6 Å². The van der Waals surface area contributed by atoms with E-state index < -0.39 is 0 Å². The van der Waals surface area contributed by atoms with Crippen LogP contribution in [0.5, 0.6) is 5.75 Å². The molecule has 0 spiro atoms. The molecule has 0 bridgehead atoms. The van der Waals surface area contributed by atoms with Gasteiger partial charge in [0.25, 0.3) is 0 Å². The van der Waals surface area contributed by atoms with Gasteiger partial charge < -0.3 is 9.64 Å². The van der Waals surface area contributed by atoms with Crippen molar-refractivity contribution in [2.75, 3.05) is 38.2 Å². The third kappa shape index (κ3) is 5.05. The number of hydrogen-bond donors (Lipinski definition) is 0. The van der Waals surface area contributed by atoms with Crippen LogP contribution in [0.2, 0.25) is 0 Å². The third-order valence-corrected chi connectivity index (χ3v) is 6.04. The molecule has 0 amide bonds. The van der Waals surface area contributed by atoms with Crippen LogP contribution < -0.4 is 9.64 Å². The van der Waals surface area contributed by atoms with Crippen LogP contribution in [-0.4, -0.2) is 58.4 Å². The fourth-order valence-electron chi connectivity index (χ4n) is 4.36. The van der Waals surface area contributed by atoms with Gasteiger partial charge in [0.2, 0.25) is 0 Å². The fourth-order valence-corrected chi connectivity index (χ4v) is 4.36. The highest BCUT2D eigenvalue weighted by Crippen LogP contribution is 2.31. The summed E-state index contributed by atoms with van der Waals surface area (Å²) in [6.45, 7) is 6.82. The molecular formula is C24H32N6O. The lowest BCUT2D eigenvalue weighted by Gasteiger charge is -2.40. The van der Waals surface area contributed by atoms with E-state index in [4.69, 9.17) is 4.74 Å². The van der Waals surface area contributed by atoms with E-state index in [9.17, 15) is 0 Å². The SMILES string of the molecule is CCCCC(c1nnnn1Cc1ccccc1)N1CCN(c2ccccc2OC)CC1. The van der Waals surface area contributed by atoms with E-state index in [0.29, 0.717) is 6.54 Å². The molecule has 31 heavy (non-hydrogen) atoms. The molecular weight excluding hydrogens is 388 g/mol. The summed E-state index contributed by atoms with van der Waals surface area (Å²) in [6.07, 6.45) is 3.40. The summed E-state index contributed by atoms with van der Waals surface area (Å²) in [7, 11) is 1.74. The van der Waals surface area contributed by atoms with Gasteiger partial charge in [-0.25, -0.2) is 4.68 Å². The molecule has 1 saturated heterocycles. The van der Waals surface area contributed by atoms with Crippen LogP contribution in [0.4, 0.5) is 5.69 Å². The molecule has 0 N–H and O–H groups in total. The van der Waals surface area contributed by atoms with Gasteiger partial charge in [0, 0.05) is 26.2 Å². The van der Waals surface area contributed by atoms with Crippen LogP contribution in [0.25, 0.3) is 0 Å². The van der Waals surface area contributed by atoms with Gasteiger partial charge in [0.1, 0.15) is 5.75 Å². The number of piperazine rings is 1. The Morgan fingerprint density at radius 3 is 2.45 bits per heavy atom. The Labute approximate surface area is 184 Å². The van der Waals surface area contributed by atoms with Crippen molar-refractivity contribution in [1.29, 1.82) is 0 Å². The first-order valence-corrected chi connectivity index (χ1v) is 11.2. The number of aromatic nitrogens is 4. The highest BCUT2D eigenvalue weighted by molar-refractivity contribution is 5.58. The summed E-state index contributed by atoms with van der Waals surface area (Å²) >= 11 is 0. The Balaban J connectivity index is 1.49. The molecule has 164 valence electrons. The molecule has 1 atom stereocenters. The average molecular weight is 421 g/mol. The van der Waals surface area contributed by atoms with Crippen LogP contribution in [0.3, 0.4) is 0 Å². The number of nitrogens with zero attached hydrogens (tertiary/aromatic N) is 6. The van der Waals surface area contributed by atoms with Gasteiger partial charge in [-0.1, -0.05) is 62.2 Å². The summed E-state index contributed by atoms with van der Waals surface area (Å²) in [5.41, 5.74) is 2.38. The number of hydrogen-bond acceptors (Lipinski definition) is 6. The first-order valence-electron chi connectivity index (χ1n) is 11.2. The first-order chi connectivity index (χ1) is 15.3. The van der Waals surface area contributed by atoms with Crippen molar-refractivity contribution >= 4 is 5.69 Å². The van der Waals surface area contributed by atoms with Crippen LogP contribution in [0, 0.1) is 0 Å². The molecule has 7 nitrogen and oxygen atoms in total. The largest absolute Gasteiger partial charge is 0.495 e. The topological polar surface area (TPSA) is 59.3 Å². The number of benzene rings is 2. The molecule has 7 heteroatoms. The summed E-state index contributed by atoms with van der Waals surface area (Å²) < 4.78 is 7.55. The van der Waals surface area contributed by atoms with E-state index in [1.165, 1.54) is 11.3 Å². The van der Waals surface area contributed by atoms with Crippen molar-refractivity contribution in [1.82, 2.24) is 25.1 Å². The van der Waals surface area contributed by atoms with E-state index in [1.54, 1.807) is 7.11 Å². The summed E-state index contributed by atoms with van der Waals surface area (Å²) in [4.78, 5) is 4.97. The number of unbranched alkanes of at least 4 members (excludes halogenated alkanes) is 1. The van der Waals surface area contributed by atoms with Crippen LogP contribution in [0.15, 0.2) is 54.6 Å². The smallest absolute Gasteiger partial charge is 0.168 e. The van der Waals surface area contributed by atoms with Crippen molar-refractivity contribution in [3.8, 4) is 5.75 Å². The lowest BCUT2D eigenvalue weighted by atomic mass is 10.1. The van der Waals surface area contributed by atoms with E-state index in [1.807, 2.05) is 22.9 Å². The standard InChI is InChI=1S/C24H32N6O/c1-3-4-12-22(24-25-26-27-30(24)19-20-10-6-5-7-11-20)29-17-15-28(16-18-29)21-13-8-9-14-23(21)31-2/h5-11,13-14,22H,3-4,12,15-19H2,1-2H3. The molecule has 2 aromatic carbocycles. The molecule has 4 rings (SSSR count). The average Bonchev–Trinajstić information content (AvgIpc) is 3.28. The molecule has 1 aliphatic rings. The normalized spacial score (nSPS) is 15.7. The van der Waals surface area contributed by atoms with Crippen LogP contribution in [-0.2, 0) is 6.54 Å². The molecule has 0 saturated carbocycles. The number of para-hydroxylation sites is 2. The second-order valence-corrected chi connectivity index (χ2v) is 8.03. The molecule has 0 radical (unpaired) electrons. The minimum atomic E-state index is 0.235. The molecule has 1 fully saturated rings. The van der Waals surface area contributed by atoms with Gasteiger partial charge in [-0.2, -0.15) is 0 Å². The number of anilines is 1. The quantitative estimate of drug-likeness (QED) is 0.525. The zero-order valence-corrected chi connectivity index (χ0v) is 18.5. The van der Waals surface area contributed by atoms with Gasteiger partial charge in [0.05, 0.1) is 25.4 Å². The molecule has 1 aliphatic heterocycles. The van der Waals surface area contributed by atoms with Gasteiger partial charge >= 0.3 is 0 Å². The van der Waals surface area contributed by atoms with Crippen molar-refractivity contribution in [3.63, 3.8) is 0 Å². The van der Waals surface area contributed by atoms with E-state index >= 15 is 0 Å². The maximum absolute atomic E-state index is 5.57. The summed E-state index contributed by atoms with van der Waals surface area (Å²) in [5, 5.41) is 12.8. The monoisotopic (exact) mass is 420 g/mol. The number of rotatable bonds is 9. The fraction of sp³-hybridized carbons (Fsp3) is 0.458. The minimum Gasteiger partial charge on any atom is -0.495 e. The van der Waals surface area contributed by atoms with Gasteiger partial charge in [-0.3, -0.25) is 4.90 Å². The summed E-state index contributed by atoms with van der Waals surface area (Å²) in [6, 6.07) is 18.9. The molecule has 3 aromatic rings. The highest BCUT2D eigenvalue weighted by atomic mass is 16.5. The maximum Gasteiger partial charge on any atom is 0.168 e. The number of tetrazole rings is 1. The third-order valence-electron chi connectivity index (χ3n) is 6.04. The lowest BCUT2D eigenvalue weighted by molar-refractivity contribution is 0.163. The number of methoxy groups -OCH3 is 1. The zero-order chi connectivity index (χ0) is 21.5. The van der Waals surface area contributed by atoms with Gasteiger partial charge in [0.15, 0.2) is 5.82 Å². The molecule has 2 heterocycles. The Kier molecular flexibility index (Phi) is 7.14. The maximum atomic E-state index is 5.57. The predicted octanol–water partition coefficient (Wildman–Crippen LogP) is 3.78. The lowest BCUT2D eigenvalue weighted by Crippen LogP contribution is -2.48. The van der Waals surface area contributed by atoms with Gasteiger partial charge in [-0.15, -0.1) is 5.10 Å². The van der Waals surface area contributed by atoms with E-state index in [-0.39, 0.29) is 6.04 Å². The van der Waals surface area contributed by atoms with Crippen molar-refractivity contribution in [2.45, 2.75) is 38.8 Å². The minimum absolute atomic E-state index is 0.235. The van der Waals surface area contributed by atoms with Crippen LogP contribution >= 0.6 is 0 Å². The van der Waals surface area contributed by atoms with Crippen LogP contribution in [0.1, 0.15) is 43.6 Å². The van der Waals surface area contributed by atoms with Gasteiger partial charge in [-0.05, 0) is 34.5 Å². The second kappa shape index (κ2) is 10.4. The highest BCUT2D eigenvalue weighted by Gasteiger charge is 2.29. The van der Waals surface area contributed by atoms with E-state index in [0.717, 1.165) is 57.0 Å². The second-order valence-electron chi connectivity index (χ2n) is 8.03. The Morgan fingerprint density at radius 2 is 1.71 bits per heavy atom. The first kappa shape index (κ1) is 21.3. The Hall–Kier alpha value is -2.93. The van der Waals surface area contributed by atoms with Crippen molar-refractivity contribution in [3.05, 3.63) is 66.0 Å². The van der Waals surface area contributed by atoms with Crippen molar-refractivity contribution in [2.24, 2.45) is 0 Å². The Morgan fingerprint density at radius 1 is 0.968 bits per heavy atom. The zero-order valence-electron chi connectivity index (χ0n) is 18.5. The molecule has 1 aromatic heterocycles. The molecule has 1 unspecified atom stereocenters. The number of ether oxygens (including phenoxy) is 1. The van der Waals surface area contributed by atoms with Crippen molar-refractivity contribution < 1.29 is 4.74 Å².